The van der Waals surface area contributed by atoms with Gasteiger partial charge in [0.1, 0.15) is 5.54 Å². The number of likely N-dealkylation sites (tertiary alicyclic amines) is 1. The molecule has 3 rings (SSSR count). The summed E-state index contributed by atoms with van der Waals surface area (Å²) in [6, 6.07) is 12.0. The summed E-state index contributed by atoms with van der Waals surface area (Å²) in [7, 11) is 2.11. The van der Waals surface area contributed by atoms with Gasteiger partial charge in [-0.25, -0.2) is 0 Å². The fraction of sp³-hybridized carbons (Fsp3) is 0.375. The molecule has 4 heteroatoms. The maximum absolute atomic E-state index is 5.53. The van der Waals surface area contributed by atoms with Gasteiger partial charge in [-0.2, -0.15) is 0 Å². The van der Waals surface area contributed by atoms with Crippen molar-refractivity contribution in [2.75, 3.05) is 13.6 Å². The molecule has 0 N–H and O–H groups in total. The van der Waals surface area contributed by atoms with Crippen molar-refractivity contribution in [3.8, 4) is 0 Å². The summed E-state index contributed by atoms with van der Waals surface area (Å²) < 4.78 is 5.53. The first-order valence-electron chi connectivity index (χ1n) is 6.96. The number of hydrogen-bond acceptors (Lipinski definition) is 4. The number of aliphatic imine (C=N–C) groups is 1. The Bertz CT molecular complexity index is 605. The fourth-order valence-electron chi connectivity index (χ4n) is 2.78. The van der Waals surface area contributed by atoms with Crippen LogP contribution in [0.1, 0.15) is 24.3 Å². The van der Waals surface area contributed by atoms with E-state index in [0.29, 0.717) is 0 Å². The second-order valence-electron chi connectivity index (χ2n) is 5.38. The summed E-state index contributed by atoms with van der Waals surface area (Å²) in [5.41, 5.74) is 1.60. The lowest BCUT2D eigenvalue weighted by Crippen LogP contribution is -2.39. The van der Waals surface area contributed by atoms with Gasteiger partial charge in [-0.3, -0.25) is 9.89 Å². The number of aromatic nitrogens is 1. The Morgan fingerprint density at radius 3 is 2.75 bits per heavy atom. The number of hydrogen-bond donors (Lipinski definition) is 0. The van der Waals surface area contributed by atoms with E-state index in [1.807, 2.05) is 49.5 Å². The average molecular weight is 269 g/mol. The summed E-state index contributed by atoms with van der Waals surface area (Å²) in [6.07, 6.45) is 4.15. The molecule has 2 heterocycles. The third-order valence-electron chi connectivity index (χ3n) is 3.97. The second-order valence-corrected chi connectivity index (χ2v) is 5.38. The normalized spacial score (nSPS) is 23.7. The van der Waals surface area contributed by atoms with Gasteiger partial charge in [0.2, 0.25) is 0 Å². The van der Waals surface area contributed by atoms with Crippen LogP contribution in [0.3, 0.4) is 0 Å². The van der Waals surface area contributed by atoms with Crippen LogP contribution in [0.2, 0.25) is 0 Å². The zero-order chi connectivity index (χ0) is 14.0. The van der Waals surface area contributed by atoms with Crippen molar-refractivity contribution >= 4 is 11.9 Å². The Morgan fingerprint density at radius 1 is 1.35 bits per heavy atom. The van der Waals surface area contributed by atoms with Crippen molar-refractivity contribution in [2.45, 2.75) is 25.3 Å². The minimum absolute atomic E-state index is 0.267. The summed E-state index contributed by atoms with van der Waals surface area (Å²) in [5, 5.41) is 4.03. The van der Waals surface area contributed by atoms with Crippen LogP contribution in [-0.4, -0.2) is 29.9 Å². The van der Waals surface area contributed by atoms with E-state index in [9.17, 15) is 0 Å². The lowest BCUT2D eigenvalue weighted by atomic mass is 9.94. The van der Waals surface area contributed by atoms with E-state index in [1.54, 1.807) is 0 Å². The highest BCUT2D eigenvalue weighted by molar-refractivity contribution is 5.75. The molecule has 1 aliphatic rings. The van der Waals surface area contributed by atoms with E-state index >= 15 is 0 Å². The van der Waals surface area contributed by atoms with E-state index in [0.717, 1.165) is 36.5 Å². The Morgan fingerprint density at radius 2 is 2.15 bits per heavy atom. The molecule has 1 aromatic heterocycles. The molecule has 20 heavy (non-hydrogen) atoms. The van der Waals surface area contributed by atoms with Crippen molar-refractivity contribution in [3.63, 3.8) is 0 Å². The lowest BCUT2D eigenvalue weighted by molar-refractivity contribution is 0.203. The van der Waals surface area contributed by atoms with Gasteiger partial charge in [0, 0.05) is 12.3 Å². The van der Waals surface area contributed by atoms with Crippen LogP contribution in [0.25, 0.3) is 0 Å². The highest BCUT2D eigenvalue weighted by atomic mass is 16.5. The molecule has 0 radical (unpaired) electrons. The first-order chi connectivity index (χ1) is 9.71. The van der Waals surface area contributed by atoms with Gasteiger partial charge in [-0.1, -0.05) is 23.4 Å². The minimum atomic E-state index is -0.267. The quantitative estimate of drug-likeness (QED) is 0.803. The van der Waals surface area contributed by atoms with Crippen LogP contribution in [0.5, 0.6) is 0 Å². The Balaban J connectivity index is 1.97. The molecule has 1 saturated heterocycles. The lowest BCUT2D eigenvalue weighted by Gasteiger charge is -2.29. The van der Waals surface area contributed by atoms with E-state index < -0.39 is 0 Å². The average Bonchev–Trinajstić information content (AvgIpc) is 3.05. The van der Waals surface area contributed by atoms with E-state index in [-0.39, 0.29) is 5.54 Å². The Labute approximate surface area is 119 Å². The molecule has 0 bridgehead atoms. The molecular weight excluding hydrogens is 250 g/mol. The van der Waals surface area contributed by atoms with Gasteiger partial charge >= 0.3 is 0 Å². The van der Waals surface area contributed by atoms with E-state index in [4.69, 9.17) is 4.52 Å². The summed E-state index contributed by atoms with van der Waals surface area (Å²) >= 11 is 0. The standard InChI is InChI=1S/C16H19N3O/c1-13-11-15(20-18-13)16(9-6-10-19(16)2)12-17-14-7-4-3-5-8-14/h3-5,7-8,11-12H,6,9-10H2,1-2H3/t16-/m0/s1. The van der Waals surface area contributed by atoms with Crippen molar-refractivity contribution < 1.29 is 4.52 Å². The molecule has 0 unspecified atom stereocenters. The number of aryl methyl sites for hydroxylation is 1. The SMILES string of the molecule is Cc1cc([C@@]2(C=Nc3ccccc3)CCCN2C)on1. The zero-order valence-corrected chi connectivity index (χ0v) is 11.9. The Hall–Kier alpha value is -1.94. The van der Waals surface area contributed by atoms with Gasteiger partial charge in [0.05, 0.1) is 11.4 Å². The number of benzene rings is 1. The second kappa shape index (κ2) is 5.21. The van der Waals surface area contributed by atoms with Crippen molar-refractivity contribution in [1.29, 1.82) is 0 Å². The van der Waals surface area contributed by atoms with Crippen molar-refractivity contribution in [2.24, 2.45) is 4.99 Å². The summed E-state index contributed by atoms with van der Waals surface area (Å²) in [4.78, 5) is 6.93. The smallest absolute Gasteiger partial charge is 0.162 e. The molecule has 0 spiro atoms. The molecule has 1 atom stereocenters. The highest BCUT2D eigenvalue weighted by Crippen LogP contribution is 2.37. The predicted molar refractivity (Wildman–Crippen MR) is 79.4 cm³/mol. The van der Waals surface area contributed by atoms with Gasteiger partial charge in [0.15, 0.2) is 5.76 Å². The molecule has 0 saturated carbocycles. The van der Waals surface area contributed by atoms with E-state index in [2.05, 4.69) is 22.1 Å². The molecule has 0 amide bonds. The predicted octanol–water partition coefficient (Wildman–Crippen LogP) is 3.31. The van der Waals surface area contributed by atoms with Crippen molar-refractivity contribution in [1.82, 2.24) is 10.1 Å². The highest BCUT2D eigenvalue weighted by Gasteiger charge is 2.42. The minimum Gasteiger partial charge on any atom is -0.359 e. The van der Waals surface area contributed by atoms with Gasteiger partial charge in [-0.15, -0.1) is 0 Å². The van der Waals surface area contributed by atoms with Crippen LogP contribution in [0.4, 0.5) is 5.69 Å². The third kappa shape index (κ3) is 2.27. The monoisotopic (exact) mass is 269 g/mol. The van der Waals surface area contributed by atoms with E-state index in [1.165, 1.54) is 0 Å². The van der Waals surface area contributed by atoms with Gasteiger partial charge < -0.3 is 4.52 Å². The maximum atomic E-state index is 5.53. The topological polar surface area (TPSA) is 41.6 Å². The van der Waals surface area contributed by atoms with Gasteiger partial charge in [0.25, 0.3) is 0 Å². The third-order valence-corrected chi connectivity index (χ3v) is 3.97. The first kappa shape index (κ1) is 13.1. The molecule has 1 aromatic carbocycles. The fourth-order valence-corrected chi connectivity index (χ4v) is 2.78. The van der Waals surface area contributed by atoms with Crippen LogP contribution in [-0.2, 0) is 5.54 Å². The van der Waals surface area contributed by atoms with Crippen molar-refractivity contribution in [3.05, 3.63) is 47.9 Å². The maximum Gasteiger partial charge on any atom is 0.162 e. The molecule has 2 aromatic rings. The molecule has 104 valence electrons. The number of nitrogens with zero attached hydrogens (tertiary/aromatic N) is 3. The number of rotatable bonds is 3. The Kier molecular flexibility index (Phi) is 3.40. The molecule has 4 nitrogen and oxygen atoms in total. The summed E-state index contributed by atoms with van der Waals surface area (Å²) in [5.74, 6) is 0.884. The van der Waals surface area contributed by atoms with Crippen LogP contribution in [0, 0.1) is 6.92 Å². The van der Waals surface area contributed by atoms with Crippen LogP contribution < -0.4 is 0 Å². The molecule has 1 fully saturated rings. The number of para-hydroxylation sites is 1. The molecular formula is C16H19N3O. The molecule has 0 aliphatic carbocycles. The molecule has 1 aliphatic heterocycles. The first-order valence-corrected chi connectivity index (χ1v) is 6.96. The zero-order valence-electron chi connectivity index (χ0n) is 11.9. The van der Waals surface area contributed by atoms with Crippen LogP contribution in [0.15, 0.2) is 45.9 Å². The van der Waals surface area contributed by atoms with Gasteiger partial charge in [-0.05, 0) is 45.5 Å². The largest absolute Gasteiger partial charge is 0.359 e. The summed E-state index contributed by atoms with van der Waals surface area (Å²) in [6.45, 7) is 2.99. The van der Waals surface area contributed by atoms with Crippen LogP contribution >= 0.6 is 0 Å².